The van der Waals surface area contributed by atoms with E-state index in [4.69, 9.17) is 29.5 Å². The molecule has 0 fully saturated rings. The van der Waals surface area contributed by atoms with E-state index >= 15 is 0 Å². The summed E-state index contributed by atoms with van der Waals surface area (Å²) in [5.41, 5.74) is 2.60. The molecule has 0 aliphatic heterocycles. The standard InChI is InChI=1S/C16H18N.C9H7.3ClH.V/c1-17(2)13-16(14-9-5-3-6-10-14)15-11-7-4-8-12-15;1-2-5-9-7-3-6-8(9)4-1;;;;/h3-12H,13H2,1-2H3;1-7H;3*1H;/q2*-1;;;;+3/p-3. The Morgan fingerprint density at radius 1 is 0.733 bits per heavy atom. The van der Waals surface area contributed by atoms with Crippen molar-refractivity contribution in [2.24, 2.45) is 0 Å². The van der Waals surface area contributed by atoms with Crippen molar-refractivity contribution >= 4 is 40.3 Å². The Hall–Kier alpha value is -1.45. The van der Waals surface area contributed by atoms with Crippen LogP contribution in [0.25, 0.3) is 10.8 Å². The maximum atomic E-state index is 4.95. The van der Waals surface area contributed by atoms with E-state index in [-0.39, 0.29) is 0 Å². The van der Waals surface area contributed by atoms with Gasteiger partial charge in [0.15, 0.2) is 0 Å². The van der Waals surface area contributed by atoms with Crippen molar-refractivity contribution < 1.29 is 12.3 Å². The average Bonchev–Trinajstić information content (AvgIpc) is 3.22. The molecular formula is C25H25Cl3NV-2. The van der Waals surface area contributed by atoms with Gasteiger partial charge in [0.1, 0.15) is 0 Å². The third-order valence-corrected chi connectivity index (χ3v) is 4.27. The molecule has 4 rings (SSSR count). The van der Waals surface area contributed by atoms with Crippen LogP contribution in [-0.4, -0.2) is 25.5 Å². The number of hydrogen-bond donors (Lipinski definition) is 0. The molecule has 30 heavy (non-hydrogen) atoms. The number of likely N-dealkylation sites (N-methyl/N-ethyl adjacent to an activating group) is 1. The van der Waals surface area contributed by atoms with Gasteiger partial charge in [-0.1, -0.05) is 48.4 Å². The largest absolute Gasteiger partial charge is 0.168 e. The fourth-order valence-corrected chi connectivity index (χ4v) is 3.01. The third kappa shape index (κ3) is 9.14. The van der Waals surface area contributed by atoms with Crippen LogP contribution < -0.4 is 0 Å². The molecule has 0 saturated heterocycles. The van der Waals surface area contributed by atoms with Gasteiger partial charge in [0.05, 0.1) is 0 Å². The number of hydrogen-bond acceptors (Lipinski definition) is 1. The van der Waals surface area contributed by atoms with Gasteiger partial charge in [-0.2, -0.15) is 17.5 Å². The number of benzene rings is 3. The predicted molar refractivity (Wildman–Crippen MR) is 130 cm³/mol. The summed E-state index contributed by atoms with van der Waals surface area (Å²) in [7, 11) is 19.1. The molecular weight excluding hydrogens is 472 g/mol. The minimum atomic E-state index is -1.77. The number of fused-ring (bicyclic) bond motifs is 1. The summed E-state index contributed by atoms with van der Waals surface area (Å²) in [5.74, 6) is 1.37. The first kappa shape index (κ1) is 24.8. The molecule has 0 saturated carbocycles. The molecule has 0 amide bonds. The molecule has 5 heteroatoms. The second-order valence-corrected chi connectivity index (χ2v) is 13.7. The molecule has 4 aromatic carbocycles. The Bertz CT molecular complexity index is 883. The van der Waals surface area contributed by atoms with Crippen LogP contribution in [0.1, 0.15) is 11.1 Å². The molecule has 158 valence electrons. The van der Waals surface area contributed by atoms with Crippen molar-refractivity contribution in [1.82, 2.24) is 4.90 Å². The van der Waals surface area contributed by atoms with E-state index < -0.39 is 12.3 Å². The molecule has 0 heterocycles. The molecule has 0 bridgehead atoms. The molecule has 0 atom stereocenters. The fraction of sp³-hybridized carbons (Fsp3) is 0.120. The first-order valence-electron chi connectivity index (χ1n) is 9.46. The van der Waals surface area contributed by atoms with E-state index in [0.29, 0.717) is 0 Å². The van der Waals surface area contributed by atoms with Gasteiger partial charge in [0.25, 0.3) is 0 Å². The second-order valence-electron chi connectivity index (χ2n) is 6.79. The van der Waals surface area contributed by atoms with Crippen molar-refractivity contribution in [3.63, 3.8) is 0 Å². The molecule has 0 aromatic heterocycles. The van der Waals surface area contributed by atoms with Crippen molar-refractivity contribution in [1.29, 1.82) is 0 Å². The van der Waals surface area contributed by atoms with Gasteiger partial charge in [0, 0.05) is 0 Å². The van der Waals surface area contributed by atoms with Gasteiger partial charge in [-0.05, 0) is 20.6 Å². The van der Waals surface area contributed by atoms with Crippen LogP contribution in [-0.2, 0) is 12.3 Å². The number of rotatable bonds is 4. The quantitative estimate of drug-likeness (QED) is 0.260. The van der Waals surface area contributed by atoms with Crippen LogP contribution in [0.2, 0.25) is 0 Å². The summed E-state index contributed by atoms with van der Waals surface area (Å²) >= 11 is -1.77. The molecule has 0 aliphatic carbocycles. The van der Waals surface area contributed by atoms with E-state index in [1.165, 1.54) is 27.8 Å². The fourth-order valence-electron chi connectivity index (χ4n) is 3.01. The van der Waals surface area contributed by atoms with Crippen LogP contribution in [0.4, 0.5) is 0 Å². The Balaban J connectivity index is 0.000000204. The summed E-state index contributed by atoms with van der Waals surface area (Å²) in [4.78, 5) is 2.20. The average molecular weight is 497 g/mol. The van der Waals surface area contributed by atoms with Gasteiger partial charge < -0.3 is 4.90 Å². The first-order valence-corrected chi connectivity index (χ1v) is 15.2. The molecule has 1 nitrogen and oxygen atoms in total. The minimum absolute atomic E-state index is 0.952. The Morgan fingerprint density at radius 3 is 1.67 bits per heavy atom. The molecule has 4 aromatic rings. The van der Waals surface area contributed by atoms with Gasteiger partial charge in [-0.15, -0.1) is 65.0 Å². The van der Waals surface area contributed by atoms with E-state index in [9.17, 15) is 0 Å². The monoisotopic (exact) mass is 495 g/mol. The van der Waals surface area contributed by atoms with Gasteiger partial charge in [-0.3, -0.25) is 0 Å². The summed E-state index contributed by atoms with van der Waals surface area (Å²) in [5, 5.41) is 2.66. The summed E-state index contributed by atoms with van der Waals surface area (Å²) in [6.07, 6.45) is 0. The third-order valence-electron chi connectivity index (χ3n) is 4.27. The summed E-state index contributed by atoms with van der Waals surface area (Å²) in [6, 6.07) is 35.8. The molecule has 0 radical (unpaired) electrons. The smallest absolute Gasteiger partial charge is 0.0809 e. The maximum Gasteiger partial charge on any atom is -0.0809 e. The van der Waals surface area contributed by atoms with Crippen molar-refractivity contribution in [2.75, 3.05) is 20.6 Å². The number of halogens is 3. The SMILES string of the molecule is CN(C)C[C-](c1ccccc1)c1ccccc1.[Cl][V]([Cl])[Cl].c1ccc2[cH-]ccc2c1. The van der Waals surface area contributed by atoms with Crippen molar-refractivity contribution in [2.45, 2.75) is 0 Å². The zero-order chi connectivity index (χ0) is 21.8. The summed E-state index contributed by atoms with van der Waals surface area (Å²) in [6.45, 7) is 0.952. The normalized spacial score (nSPS) is 10.2. The second kappa shape index (κ2) is 13.8. The zero-order valence-electron chi connectivity index (χ0n) is 17.1. The zero-order valence-corrected chi connectivity index (χ0v) is 20.7. The maximum absolute atomic E-state index is 4.95. The van der Waals surface area contributed by atoms with Crippen LogP contribution in [0.15, 0.2) is 103 Å². The molecule has 0 N–H and O–H groups in total. The summed E-state index contributed by atoms with van der Waals surface area (Å²) < 4.78 is 0. The van der Waals surface area contributed by atoms with Crippen LogP contribution in [0, 0.1) is 5.92 Å². The van der Waals surface area contributed by atoms with Gasteiger partial charge in [-0.25, -0.2) is 0 Å². The van der Waals surface area contributed by atoms with E-state index in [1.807, 2.05) is 0 Å². The van der Waals surface area contributed by atoms with Gasteiger partial charge in [0.2, 0.25) is 0 Å². The first-order chi connectivity index (χ1) is 14.5. The molecule has 0 aliphatic rings. The van der Waals surface area contributed by atoms with Crippen LogP contribution >= 0.6 is 29.5 Å². The Labute approximate surface area is 197 Å². The van der Waals surface area contributed by atoms with E-state index in [1.54, 1.807) is 0 Å². The van der Waals surface area contributed by atoms with Crippen LogP contribution in [0.3, 0.4) is 0 Å². The Morgan fingerprint density at radius 2 is 1.20 bits per heavy atom. The van der Waals surface area contributed by atoms with E-state index in [2.05, 4.69) is 122 Å². The van der Waals surface area contributed by atoms with Crippen LogP contribution in [0.5, 0.6) is 0 Å². The van der Waals surface area contributed by atoms with E-state index in [0.717, 1.165) is 6.54 Å². The number of nitrogens with zero attached hydrogens (tertiary/aromatic N) is 1. The minimum Gasteiger partial charge on any atom is -0.168 e. The Kier molecular flexibility index (Phi) is 11.4. The van der Waals surface area contributed by atoms with Crippen molar-refractivity contribution in [3.05, 3.63) is 120 Å². The van der Waals surface area contributed by atoms with Gasteiger partial charge >= 0.3 is 41.8 Å². The van der Waals surface area contributed by atoms with Crippen molar-refractivity contribution in [3.8, 4) is 0 Å². The topological polar surface area (TPSA) is 3.24 Å². The molecule has 0 spiro atoms. The molecule has 0 unspecified atom stereocenters. The predicted octanol–water partition coefficient (Wildman–Crippen LogP) is 7.84.